The first-order valence-corrected chi connectivity index (χ1v) is 5.10. The molecule has 16 heavy (non-hydrogen) atoms. The van der Waals surface area contributed by atoms with Gasteiger partial charge < -0.3 is 10.2 Å². The molecule has 0 saturated carbocycles. The van der Waals surface area contributed by atoms with Crippen molar-refractivity contribution < 1.29 is 13.6 Å². The predicted molar refractivity (Wildman–Crippen MR) is 58.8 cm³/mol. The Kier molecular flexibility index (Phi) is 2.75. The molecule has 0 saturated heterocycles. The summed E-state index contributed by atoms with van der Waals surface area (Å²) >= 11 is 0. The van der Waals surface area contributed by atoms with Crippen LogP contribution in [0, 0.1) is 5.82 Å². The van der Waals surface area contributed by atoms with Crippen LogP contribution in [0.4, 0.5) is 4.39 Å². The molecular weight excluding hydrogens is 209 g/mol. The maximum atomic E-state index is 12.9. The number of benzene rings is 1. The second-order valence-electron chi connectivity index (χ2n) is 3.67. The highest BCUT2D eigenvalue weighted by Crippen LogP contribution is 2.21. The van der Waals surface area contributed by atoms with Gasteiger partial charge >= 0.3 is 0 Å². The van der Waals surface area contributed by atoms with Crippen LogP contribution < -0.4 is 5.73 Å². The molecule has 1 atom stereocenters. The molecule has 0 aliphatic carbocycles. The van der Waals surface area contributed by atoms with Gasteiger partial charge in [-0.1, -0.05) is 6.92 Å². The molecule has 1 aromatic carbocycles. The van der Waals surface area contributed by atoms with Gasteiger partial charge in [0.2, 0.25) is 5.78 Å². The SMILES string of the molecule is CCC(N)C(=O)c1cc2cc(F)ccc2o1. The molecule has 0 amide bonds. The van der Waals surface area contributed by atoms with Crippen molar-refractivity contribution in [2.45, 2.75) is 19.4 Å². The second kappa shape index (κ2) is 4.06. The third-order valence-electron chi connectivity index (χ3n) is 2.50. The van der Waals surface area contributed by atoms with Gasteiger partial charge in [0.05, 0.1) is 6.04 Å². The van der Waals surface area contributed by atoms with Gasteiger partial charge in [0.15, 0.2) is 5.76 Å². The zero-order valence-corrected chi connectivity index (χ0v) is 8.87. The van der Waals surface area contributed by atoms with E-state index in [9.17, 15) is 9.18 Å². The van der Waals surface area contributed by atoms with Crippen molar-refractivity contribution in [2.24, 2.45) is 5.73 Å². The van der Waals surface area contributed by atoms with E-state index in [-0.39, 0.29) is 17.4 Å². The van der Waals surface area contributed by atoms with Crippen molar-refractivity contribution >= 4 is 16.8 Å². The Hall–Kier alpha value is -1.68. The Bertz CT molecular complexity index is 533. The van der Waals surface area contributed by atoms with Gasteiger partial charge in [-0.2, -0.15) is 0 Å². The molecular formula is C12H12FNO2. The standard InChI is InChI=1S/C12H12FNO2/c1-2-9(14)12(15)11-6-7-5-8(13)3-4-10(7)16-11/h3-6,9H,2,14H2,1H3. The molecule has 1 heterocycles. The molecule has 0 bridgehead atoms. The highest BCUT2D eigenvalue weighted by Gasteiger charge is 2.18. The summed E-state index contributed by atoms with van der Waals surface area (Å²) in [5.74, 6) is -0.416. The molecule has 0 aliphatic heterocycles. The fraction of sp³-hybridized carbons (Fsp3) is 0.250. The van der Waals surface area contributed by atoms with Gasteiger partial charge in [-0.15, -0.1) is 0 Å². The van der Waals surface area contributed by atoms with Gasteiger partial charge in [0.25, 0.3) is 0 Å². The molecule has 0 aliphatic rings. The third-order valence-corrected chi connectivity index (χ3v) is 2.50. The Balaban J connectivity index is 2.43. The minimum Gasteiger partial charge on any atom is -0.453 e. The number of carbonyl (C=O) groups is 1. The van der Waals surface area contributed by atoms with E-state index in [1.807, 2.05) is 6.92 Å². The summed E-state index contributed by atoms with van der Waals surface area (Å²) in [6.45, 7) is 1.82. The van der Waals surface area contributed by atoms with E-state index in [0.29, 0.717) is 17.4 Å². The number of furan rings is 1. The van der Waals surface area contributed by atoms with Gasteiger partial charge in [-0.25, -0.2) is 4.39 Å². The van der Waals surface area contributed by atoms with Crippen LogP contribution in [0.25, 0.3) is 11.0 Å². The Morgan fingerprint density at radius 1 is 1.50 bits per heavy atom. The average molecular weight is 221 g/mol. The zero-order valence-electron chi connectivity index (χ0n) is 8.87. The van der Waals surface area contributed by atoms with Crippen LogP contribution in [0.5, 0.6) is 0 Å². The summed E-state index contributed by atoms with van der Waals surface area (Å²) in [5.41, 5.74) is 6.11. The fourth-order valence-electron chi connectivity index (χ4n) is 1.50. The number of fused-ring (bicyclic) bond motifs is 1. The maximum absolute atomic E-state index is 12.9. The van der Waals surface area contributed by atoms with Crippen LogP contribution >= 0.6 is 0 Å². The number of hydrogen-bond acceptors (Lipinski definition) is 3. The predicted octanol–water partition coefficient (Wildman–Crippen LogP) is 2.49. The molecule has 0 spiro atoms. The molecule has 2 rings (SSSR count). The van der Waals surface area contributed by atoms with Gasteiger partial charge in [-0.3, -0.25) is 4.79 Å². The summed E-state index contributed by atoms with van der Waals surface area (Å²) < 4.78 is 18.2. The largest absolute Gasteiger partial charge is 0.453 e. The third kappa shape index (κ3) is 1.84. The van der Waals surface area contributed by atoms with Crippen LogP contribution in [-0.2, 0) is 0 Å². The van der Waals surface area contributed by atoms with Crippen molar-refractivity contribution in [3.05, 3.63) is 35.8 Å². The van der Waals surface area contributed by atoms with Gasteiger partial charge in [0, 0.05) is 5.39 Å². The topological polar surface area (TPSA) is 56.2 Å². The first kappa shape index (κ1) is 10.8. The van der Waals surface area contributed by atoms with E-state index >= 15 is 0 Å². The number of nitrogens with two attached hydrogens (primary N) is 1. The van der Waals surface area contributed by atoms with Gasteiger partial charge in [0.1, 0.15) is 11.4 Å². The fourth-order valence-corrected chi connectivity index (χ4v) is 1.50. The van der Waals surface area contributed by atoms with E-state index in [4.69, 9.17) is 10.2 Å². The highest BCUT2D eigenvalue weighted by atomic mass is 19.1. The summed E-state index contributed by atoms with van der Waals surface area (Å²) in [7, 11) is 0. The second-order valence-corrected chi connectivity index (χ2v) is 3.67. The lowest BCUT2D eigenvalue weighted by Crippen LogP contribution is -2.29. The van der Waals surface area contributed by atoms with Crippen molar-refractivity contribution in [1.29, 1.82) is 0 Å². The minimum absolute atomic E-state index is 0.190. The van der Waals surface area contributed by atoms with Crippen LogP contribution in [0.2, 0.25) is 0 Å². The molecule has 3 nitrogen and oxygen atoms in total. The summed E-state index contributed by atoms with van der Waals surface area (Å²) in [6, 6.07) is 5.08. The lowest BCUT2D eigenvalue weighted by molar-refractivity contribution is 0.0934. The average Bonchev–Trinajstić information content (AvgIpc) is 2.69. The first-order valence-electron chi connectivity index (χ1n) is 5.10. The van der Waals surface area contributed by atoms with Gasteiger partial charge in [-0.05, 0) is 30.7 Å². The molecule has 2 N–H and O–H groups in total. The number of ketones is 1. The van der Waals surface area contributed by atoms with E-state index in [1.165, 1.54) is 24.3 Å². The van der Waals surface area contributed by atoms with Crippen LogP contribution in [-0.4, -0.2) is 11.8 Å². The van der Waals surface area contributed by atoms with Crippen molar-refractivity contribution in [2.75, 3.05) is 0 Å². The summed E-state index contributed by atoms with van der Waals surface area (Å²) in [4.78, 5) is 11.7. The molecule has 84 valence electrons. The summed E-state index contributed by atoms with van der Waals surface area (Å²) in [5, 5.41) is 0.576. The number of hydrogen-bond donors (Lipinski definition) is 1. The Labute approximate surface area is 92.0 Å². The molecule has 0 radical (unpaired) electrons. The molecule has 1 unspecified atom stereocenters. The van der Waals surface area contributed by atoms with E-state index in [1.54, 1.807) is 0 Å². The number of halogens is 1. The lowest BCUT2D eigenvalue weighted by Gasteiger charge is -2.03. The normalized spacial score (nSPS) is 12.9. The smallest absolute Gasteiger partial charge is 0.214 e. The zero-order chi connectivity index (χ0) is 11.7. The molecule has 1 aromatic heterocycles. The van der Waals surface area contributed by atoms with Crippen molar-refractivity contribution in [3.63, 3.8) is 0 Å². The number of rotatable bonds is 3. The molecule has 4 heteroatoms. The van der Waals surface area contributed by atoms with Crippen molar-refractivity contribution in [3.8, 4) is 0 Å². The van der Waals surface area contributed by atoms with E-state index in [2.05, 4.69) is 0 Å². The van der Waals surface area contributed by atoms with E-state index < -0.39 is 6.04 Å². The highest BCUT2D eigenvalue weighted by molar-refractivity contribution is 6.00. The van der Waals surface area contributed by atoms with Crippen molar-refractivity contribution in [1.82, 2.24) is 0 Å². The van der Waals surface area contributed by atoms with Crippen LogP contribution in [0.15, 0.2) is 28.7 Å². The Morgan fingerprint density at radius 2 is 2.25 bits per heavy atom. The lowest BCUT2D eigenvalue weighted by atomic mass is 10.1. The number of carbonyl (C=O) groups excluding carboxylic acids is 1. The molecule has 0 fully saturated rings. The van der Waals surface area contributed by atoms with Crippen LogP contribution in [0.1, 0.15) is 23.9 Å². The number of Topliss-reactive ketones (excluding diaryl/α,β-unsaturated/α-hetero) is 1. The quantitative estimate of drug-likeness (QED) is 0.810. The van der Waals surface area contributed by atoms with E-state index in [0.717, 1.165) is 0 Å². The first-order chi connectivity index (χ1) is 7.61. The minimum atomic E-state index is -0.564. The maximum Gasteiger partial charge on any atom is 0.214 e. The molecule has 2 aromatic rings. The Morgan fingerprint density at radius 3 is 2.94 bits per heavy atom. The monoisotopic (exact) mass is 221 g/mol. The van der Waals surface area contributed by atoms with Crippen LogP contribution in [0.3, 0.4) is 0 Å². The summed E-state index contributed by atoms with van der Waals surface area (Å²) in [6.07, 6.45) is 0.546.